The van der Waals surface area contributed by atoms with Gasteiger partial charge in [0.05, 0.1) is 5.69 Å². The summed E-state index contributed by atoms with van der Waals surface area (Å²) >= 11 is 3.36. The Morgan fingerprint density at radius 2 is 1.79 bits per heavy atom. The molecule has 0 aliphatic heterocycles. The normalized spacial score (nSPS) is 10.0. The molecule has 5 heteroatoms. The lowest BCUT2D eigenvalue weighted by Crippen LogP contribution is -2.19. The van der Waals surface area contributed by atoms with E-state index in [0.717, 1.165) is 15.7 Å². The number of carbonyl (C=O) groups is 1. The monoisotopic (exact) mass is 320 g/mol. The summed E-state index contributed by atoms with van der Waals surface area (Å²) < 4.78 is 0.955. The molecule has 19 heavy (non-hydrogen) atoms. The molecule has 0 radical (unpaired) electrons. The van der Waals surface area contributed by atoms with Gasteiger partial charge in [-0.25, -0.2) is 4.79 Å². The first-order valence-electron chi connectivity index (χ1n) is 5.68. The third-order valence-electron chi connectivity index (χ3n) is 2.59. The number of urea groups is 1. The first-order valence-corrected chi connectivity index (χ1v) is 6.48. The predicted molar refractivity (Wildman–Crippen MR) is 79.6 cm³/mol. The zero-order valence-electron chi connectivity index (χ0n) is 10.3. The van der Waals surface area contributed by atoms with Crippen LogP contribution in [0.5, 0.6) is 5.75 Å². The van der Waals surface area contributed by atoms with Gasteiger partial charge >= 0.3 is 6.03 Å². The highest BCUT2D eigenvalue weighted by atomic mass is 79.9. The number of para-hydroxylation sites is 2. The Morgan fingerprint density at radius 1 is 1.11 bits per heavy atom. The molecule has 3 N–H and O–H groups in total. The van der Waals surface area contributed by atoms with Crippen molar-refractivity contribution in [1.29, 1.82) is 0 Å². The summed E-state index contributed by atoms with van der Waals surface area (Å²) in [5.41, 5.74) is 2.03. The Kier molecular flexibility index (Phi) is 4.06. The molecule has 0 saturated carbocycles. The molecule has 0 aliphatic carbocycles. The standard InChI is InChI=1S/C14H13BrN2O2/c1-9-8-10(15)6-7-11(9)16-14(19)17-12-4-2-3-5-13(12)18/h2-8,18H,1H3,(H2,16,17,19). The average molecular weight is 321 g/mol. The summed E-state index contributed by atoms with van der Waals surface area (Å²) in [4.78, 5) is 11.8. The fourth-order valence-corrected chi connectivity index (χ4v) is 2.10. The highest BCUT2D eigenvalue weighted by molar-refractivity contribution is 9.10. The molecular formula is C14H13BrN2O2. The number of benzene rings is 2. The number of aromatic hydroxyl groups is 1. The van der Waals surface area contributed by atoms with Gasteiger partial charge in [-0.1, -0.05) is 28.1 Å². The SMILES string of the molecule is Cc1cc(Br)ccc1NC(=O)Nc1ccccc1O. The van der Waals surface area contributed by atoms with Crippen LogP contribution >= 0.6 is 15.9 Å². The molecule has 0 fully saturated rings. The van der Waals surface area contributed by atoms with Crippen molar-refractivity contribution in [3.8, 4) is 5.75 Å². The minimum atomic E-state index is -0.396. The number of anilines is 2. The second-order valence-electron chi connectivity index (χ2n) is 4.06. The van der Waals surface area contributed by atoms with Crippen LogP contribution in [0, 0.1) is 6.92 Å². The lowest BCUT2D eigenvalue weighted by Gasteiger charge is -2.11. The molecule has 0 aromatic heterocycles. The van der Waals surface area contributed by atoms with E-state index in [0.29, 0.717) is 5.69 Å². The third-order valence-corrected chi connectivity index (χ3v) is 3.08. The lowest BCUT2D eigenvalue weighted by atomic mass is 10.2. The first-order chi connectivity index (χ1) is 9.06. The van der Waals surface area contributed by atoms with Crippen LogP contribution in [-0.2, 0) is 0 Å². The van der Waals surface area contributed by atoms with E-state index in [9.17, 15) is 9.90 Å². The van der Waals surface area contributed by atoms with Gasteiger partial charge < -0.3 is 15.7 Å². The summed E-state index contributed by atoms with van der Waals surface area (Å²) in [6, 6.07) is 11.7. The van der Waals surface area contributed by atoms with Crippen molar-refractivity contribution in [2.24, 2.45) is 0 Å². The van der Waals surface area contributed by atoms with E-state index in [1.807, 2.05) is 25.1 Å². The topological polar surface area (TPSA) is 61.4 Å². The van der Waals surface area contributed by atoms with Crippen LogP contribution in [0.3, 0.4) is 0 Å². The molecule has 0 atom stereocenters. The number of aryl methyl sites for hydroxylation is 1. The zero-order chi connectivity index (χ0) is 13.8. The largest absolute Gasteiger partial charge is 0.506 e. The van der Waals surface area contributed by atoms with Crippen molar-refractivity contribution in [2.75, 3.05) is 10.6 Å². The Morgan fingerprint density at radius 3 is 2.47 bits per heavy atom. The van der Waals surface area contributed by atoms with Crippen LogP contribution in [0.1, 0.15) is 5.56 Å². The fraction of sp³-hybridized carbons (Fsp3) is 0.0714. The van der Waals surface area contributed by atoms with E-state index in [-0.39, 0.29) is 5.75 Å². The van der Waals surface area contributed by atoms with Crippen molar-refractivity contribution in [2.45, 2.75) is 6.92 Å². The Bertz CT molecular complexity index is 614. The number of halogens is 1. The van der Waals surface area contributed by atoms with Gasteiger partial charge in [-0.15, -0.1) is 0 Å². The van der Waals surface area contributed by atoms with Crippen molar-refractivity contribution in [1.82, 2.24) is 0 Å². The van der Waals surface area contributed by atoms with Gasteiger partial charge in [0.1, 0.15) is 5.75 Å². The Labute approximate surface area is 119 Å². The molecule has 0 unspecified atom stereocenters. The molecule has 2 rings (SSSR count). The number of rotatable bonds is 2. The van der Waals surface area contributed by atoms with Gasteiger partial charge in [0.25, 0.3) is 0 Å². The summed E-state index contributed by atoms with van der Waals surface area (Å²) in [7, 11) is 0. The minimum Gasteiger partial charge on any atom is -0.506 e. The summed E-state index contributed by atoms with van der Waals surface area (Å²) in [5.74, 6) is 0.0326. The Hall–Kier alpha value is -2.01. The molecule has 2 aromatic rings. The van der Waals surface area contributed by atoms with Crippen molar-refractivity contribution in [3.63, 3.8) is 0 Å². The van der Waals surface area contributed by atoms with E-state index in [2.05, 4.69) is 26.6 Å². The Balaban J connectivity index is 2.08. The van der Waals surface area contributed by atoms with Crippen LogP contribution in [0.4, 0.5) is 16.2 Å². The van der Waals surface area contributed by atoms with Gasteiger partial charge in [0.15, 0.2) is 0 Å². The van der Waals surface area contributed by atoms with Crippen molar-refractivity contribution >= 4 is 33.3 Å². The molecule has 2 amide bonds. The van der Waals surface area contributed by atoms with E-state index in [4.69, 9.17) is 0 Å². The summed E-state index contributed by atoms with van der Waals surface area (Å²) in [5, 5.41) is 14.9. The quantitative estimate of drug-likeness (QED) is 0.729. The highest BCUT2D eigenvalue weighted by Crippen LogP contribution is 2.23. The second-order valence-corrected chi connectivity index (χ2v) is 4.97. The third kappa shape index (κ3) is 3.48. The molecule has 98 valence electrons. The highest BCUT2D eigenvalue weighted by Gasteiger charge is 2.07. The molecule has 0 aliphatic rings. The number of hydrogen-bond donors (Lipinski definition) is 3. The van der Waals surface area contributed by atoms with E-state index in [1.165, 1.54) is 6.07 Å². The number of phenolic OH excluding ortho intramolecular Hbond substituents is 1. The molecule has 0 heterocycles. The molecule has 4 nitrogen and oxygen atoms in total. The molecule has 0 spiro atoms. The van der Waals surface area contributed by atoms with Crippen LogP contribution in [-0.4, -0.2) is 11.1 Å². The molecule has 2 aromatic carbocycles. The van der Waals surface area contributed by atoms with Gasteiger partial charge in [-0.2, -0.15) is 0 Å². The second kappa shape index (κ2) is 5.75. The van der Waals surface area contributed by atoms with Crippen LogP contribution in [0.2, 0.25) is 0 Å². The number of phenols is 1. The van der Waals surface area contributed by atoms with Crippen LogP contribution in [0.15, 0.2) is 46.9 Å². The fourth-order valence-electron chi connectivity index (χ4n) is 1.62. The number of amides is 2. The van der Waals surface area contributed by atoms with Gasteiger partial charge in [-0.3, -0.25) is 0 Å². The molecule has 0 bridgehead atoms. The maximum atomic E-state index is 11.8. The lowest BCUT2D eigenvalue weighted by molar-refractivity contribution is 0.262. The minimum absolute atomic E-state index is 0.0326. The van der Waals surface area contributed by atoms with Crippen molar-refractivity contribution < 1.29 is 9.90 Å². The van der Waals surface area contributed by atoms with E-state index >= 15 is 0 Å². The maximum absolute atomic E-state index is 11.8. The average Bonchev–Trinajstić information content (AvgIpc) is 2.36. The molecule has 0 saturated heterocycles. The number of hydrogen-bond acceptors (Lipinski definition) is 2. The summed E-state index contributed by atoms with van der Waals surface area (Å²) in [6.07, 6.45) is 0. The number of nitrogens with one attached hydrogen (secondary N) is 2. The number of carbonyl (C=O) groups excluding carboxylic acids is 1. The van der Waals surface area contributed by atoms with Gasteiger partial charge in [0, 0.05) is 10.2 Å². The van der Waals surface area contributed by atoms with Gasteiger partial charge in [-0.05, 0) is 42.8 Å². The maximum Gasteiger partial charge on any atom is 0.323 e. The predicted octanol–water partition coefficient (Wildman–Crippen LogP) is 4.11. The molecular weight excluding hydrogens is 308 g/mol. The van der Waals surface area contributed by atoms with E-state index < -0.39 is 6.03 Å². The van der Waals surface area contributed by atoms with E-state index in [1.54, 1.807) is 18.2 Å². The van der Waals surface area contributed by atoms with Crippen molar-refractivity contribution in [3.05, 3.63) is 52.5 Å². The van der Waals surface area contributed by atoms with Gasteiger partial charge in [0.2, 0.25) is 0 Å². The van der Waals surface area contributed by atoms with Crippen LogP contribution in [0.25, 0.3) is 0 Å². The smallest absolute Gasteiger partial charge is 0.323 e. The summed E-state index contributed by atoms with van der Waals surface area (Å²) in [6.45, 7) is 1.90. The van der Waals surface area contributed by atoms with Crippen LogP contribution < -0.4 is 10.6 Å². The first kappa shape index (κ1) is 13.4. The zero-order valence-corrected chi connectivity index (χ0v) is 11.9.